The molecule has 2 saturated heterocycles. The van der Waals surface area contributed by atoms with Gasteiger partial charge in [-0.25, -0.2) is 14.6 Å². The third-order valence-corrected chi connectivity index (χ3v) is 4.84. The third-order valence-electron chi connectivity index (χ3n) is 4.05. The SMILES string of the molecule is O=C(Nc1cn[nH]c1-c1nccs1)N1CCN2C(=O)NCC2C1. The van der Waals surface area contributed by atoms with Crippen LogP contribution in [0.3, 0.4) is 0 Å². The van der Waals surface area contributed by atoms with Gasteiger partial charge in [0.15, 0.2) is 0 Å². The minimum Gasteiger partial charge on any atom is -0.336 e. The van der Waals surface area contributed by atoms with Crippen molar-refractivity contribution in [3.63, 3.8) is 0 Å². The molecule has 2 fully saturated rings. The van der Waals surface area contributed by atoms with Gasteiger partial charge in [0, 0.05) is 37.8 Å². The van der Waals surface area contributed by atoms with Crippen molar-refractivity contribution in [3.8, 4) is 10.7 Å². The van der Waals surface area contributed by atoms with Gasteiger partial charge < -0.3 is 20.4 Å². The van der Waals surface area contributed by atoms with Crippen LogP contribution in [-0.4, -0.2) is 69.3 Å². The molecule has 0 bridgehead atoms. The Labute approximate surface area is 135 Å². The molecule has 2 aromatic rings. The first-order valence-corrected chi connectivity index (χ1v) is 8.14. The van der Waals surface area contributed by atoms with Crippen molar-refractivity contribution >= 4 is 29.1 Å². The normalized spacial score (nSPS) is 20.3. The molecular weight excluding hydrogens is 318 g/mol. The molecule has 0 spiro atoms. The van der Waals surface area contributed by atoms with Crippen LogP contribution >= 0.6 is 11.3 Å². The van der Waals surface area contributed by atoms with Crippen molar-refractivity contribution in [1.29, 1.82) is 0 Å². The van der Waals surface area contributed by atoms with Gasteiger partial charge in [-0.15, -0.1) is 11.3 Å². The Kier molecular flexibility index (Phi) is 3.37. The van der Waals surface area contributed by atoms with E-state index in [0.29, 0.717) is 37.6 Å². The maximum atomic E-state index is 12.5. The summed E-state index contributed by atoms with van der Waals surface area (Å²) in [5.74, 6) is 0. The van der Waals surface area contributed by atoms with Crippen LogP contribution in [0.1, 0.15) is 0 Å². The predicted octanol–water partition coefficient (Wildman–Crippen LogP) is 0.774. The molecular formula is C13H15N7O2S. The Morgan fingerprint density at radius 1 is 1.43 bits per heavy atom. The number of nitrogens with one attached hydrogen (secondary N) is 3. The second-order valence-electron chi connectivity index (χ2n) is 5.41. The molecule has 0 saturated carbocycles. The largest absolute Gasteiger partial charge is 0.336 e. The third kappa shape index (κ3) is 2.50. The topological polar surface area (TPSA) is 106 Å². The van der Waals surface area contributed by atoms with Gasteiger partial charge in [-0.05, 0) is 0 Å². The fourth-order valence-electron chi connectivity index (χ4n) is 2.87. The van der Waals surface area contributed by atoms with Gasteiger partial charge in [0.1, 0.15) is 10.7 Å². The number of carbonyl (C=O) groups excluding carboxylic acids is 2. The van der Waals surface area contributed by atoms with Crippen molar-refractivity contribution in [2.24, 2.45) is 0 Å². The van der Waals surface area contributed by atoms with Crippen molar-refractivity contribution in [2.45, 2.75) is 6.04 Å². The lowest BCUT2D eigenvalue weighted by molar-refractivity contribution is 0.136. The molecule has 120 valence electrons. The van der Waals surface area contributed by atoms with E-state index in [9.17, 15) is 9.59 Å². The number of fused-ring (bicyclic) bond motifs is 1. The van der Waals surface area contributed by atoms with E-state index in [0.717, 1.165) is 5.01 Å². The van der Waals surface area contributed by atoms with Crippen LogP contribution in [0, 0.1) is 0 Å². The molecule has 1 unspecified atom stereocenters. The number of urea groups is 2. The maximum absolute atomic E-state index is 12.5. The number of aromatic amines is 1. The second kappa shape index (κ2) is 5.54. The van der Waals surface area contributed by atoms with Crippen LogP contribution in [-0.2, 0) is 0 Å². The summed E-state index contributed by atoms with van der Waals surface area (Å²) < 4.78 is 0. The van der Waals surface area contributed by atoms with Gasteiger partial charge >= 0.3 is 12.1 Å². The lowest BCUT2D eigenvalue weighted by Crippen LogP contribution is -2.54. The Morgan fingerprint density at radius 3 is 3.17 bits per heavy atom. The van der Waals surface area contributed by atoms with Gasteiger partial charge in [0.05, 0.1) is 17.9 Å². The average molecular weight is 333 g/mol. The van der Waals surface area contributed by atoms with Crippen molar-refractivity contribution in [3.05, 3.63) is 17.8 Å². The zero-order valence-electron chi connectivity index (χ0n) is 12.2. The average Bonchev–Trinajstić information content (AvgIpc) is 3.28. The summed E-state index contributed by atoms with van der Waals surface area (Å²) in [5.41, 5.74) is 1.30. The van der Waals surface area contributed by atoms with E-state index in [4.69, 9.17) is 0 Å². The van der Waals surface area contributed by atoms with Crippen LogP contribution in [0.5, 0.6) is 0 Å². The number of nitrogens with zero attached hydrogens (tertiary/aromatic N) is 4. The zero-order valence-corrected chi connectivity index (χ0v) is 13.0. The molecule has 0 aromatic carbocycles. The fourth-order valence-corrected chi connectivity index (χ4v) is 3.52. The number of amides is 4. The highest BCUT2D eigenvalue weighted by molar-refractivity contribution is 7.13. The van der Waals surface area contributed by atoms with E-state index in [1.54, 1.807) is 22.2 Å². The number of rotatable bonds is 2. The van der Waals surface area contributed by atoms with E-state index < -0.39 is 0 Å². The quantitative estimate of drug-likeness (QED) is 0.755. The number of hydrogen-bond donors (Lipinski definition) is 3. The highest BCUT2D eigenvalue weighted by atomic mass is 32.1. The maximum Gasteiger partial charge on any atom is 0.322 e. The summed E-state index contributed by atoms with van der Waals surface area (Å²) in [6, 6.07) is -0.191. The van der Waals surface area contributed by atoms with Crippen molar-refractivity contribution in [2.75, 3.05) is 31.5 Å². The van der Waals surface area contributed by atoms with Gasteiger partial charge in [0.2, 0.25) is 0 Å². The van der Waals surface area contributed by atoms with E-state index in [1.807, 2.05) is 5.38 Å². The van der Waals surface area contributed by atoms with E-state index in [-0.39, 0.29) is 18.1 Å². The highest BCUT2D eigenvalue weighted by Crippen LogP contribution is 2.27. The summed E-state index contributed by atoms with van der Waals surface area (Å²) in [6.07, 6.45) is 3.28. The van der Waals surface area contributed by atoms with Crippen molar-refractivity contribution < 1.29 is 9.59 Å². The smallest absolute Gasteiger partial charge is 0.322 e. The number of aromatic nitrogens is 3. The lowest BCUT2D eigenvalue weighted by Gasteiger charge is -2.36. The Hall–Kier alpha value is -2.62. The van der Waals surface area contributed by atoms with Crippen LogP contribution < -0.4 is 10.6 Å². The molecule has 2 aliphatic heterocycles. The number of carbonyl (C=O) groups is 2. The monoisotopic (exact) mass is 333 g/mol. The molecule has 4 heterocycles. The van der Waals surface area contributed by atoms with Gasteiger partial charge in [-0.2, -0.15) is 5.10 Å². The molecule has 0 aliphatic carbocycles. The van der Waals surface area contributed by atoms with Crippen LogP contribution in [0.2, 0.25) is 0 Å². The molecule has 0 radical (unpaired) electrons. The Bertz CT molecular complexity index is 729. The van der Waals surface area contributed by atoms with Crippen molar-refractivity contribution in [1.82, 2.24) is 30.3 Å². The molecule has 9 nitrogen and oxygen atoms in total. The first kappa shape index (κ1) is 14.0. The summed E-state index contributed by atoms with van der Waals surface area (Å²) >= 11 is 1.47. The number of anilines is 1. The minimum absolute atomic E-state index is 0.0454. The zero-order chi connectivity index (χ0) is 15.8. The molecule has 2 aromatic heterocycles. The molecule has 1 atom stereocenters. The minimum atomic E-state index is -0.191. The number of H-pyrrole nitrogens is 1. The summed E-state index contributed by atoms with van der Waals surface area (Å²) in [5, 5.41) is 15.2. The molecule has 4 rings (SSSR count). The highest BCUT2D eigenvalue weighted by Gasteiger charge is 2.37. The first-order valence-electron chi connectivity index (χ1n) is 7.26. The number of hydrogen-bond acceptors (Lipinski definition) is 5. The second-order valence-corrected chi connectivity index (χ2v) is 6.30. The molecule has 2 aliphatic rings. The molecule has 10 heteroatoms. The van der Waals surface area contributed by atoms with E-state index in [2.05, 4.69) is 25.8 Å². The van der Waals surface area contributed by atoms with Gasteiger partial charge in [-0.1, -0.05) is 0 Å². The predicted molar refractivity (Wildman–Crippen MR) is 84.2 cm³/mol. The Morgan fingerprint density at radius 2 is 2.35 bits per heavy atom. The summed E-state index contributed by atoms with van der Waals surface area (Å²) in [7, 11) is 0. The van der Waals surface area contributed by atoms with E-state index >= 15 is 0 Å². The van der Waals surface area contributed by atoms with Crippen LogP contribution in [0.15, 0.2) is 17.8 Å². The molecule has 3 N–H and O–H groups in total. The van der Waals surface area contributed by atoms with Crippen LogP contribution in [0.4, 0.5) is 15.3 Å². The van der Waals surface area contributed by atoms with E-state index in [1.165, 1.54) is 11.3 Å². The summed E-state index contributed by atoms with van der Waals surface area (Å²) in [6.45, 7) is 2.17. The molecule has 4 amide bonds. The number of piperazine rings is 1. The molecule has 23 heavy (non-hydrogen) atoms. The summed E-state index contributed by atoms with van der Waals surface area (Å²) in [4.78, 5) is 31.8. The lowest BCUT2D eigenvalue weighted by atomic mass is 10.2. The first-order chi connectivity index (χ1) is 11.2. The van der Waals surface area contributed by atoms with Gasteiger partial charge in [-0.3, -0.25) is 5.10 Å². The van der Waals surface area contributed by atoms with Gasteiger partial charge in [0.25, 0.3) is 0 Å². The number of thiazole rings is 1. The van der Waals surface area contributed by atoms with Crippen LogP contribution in [0.25, 0.3) is 10.7 Å². The Balaban J connectivity index is 1.45. The fraction of sp³-hybridized carbons (Fsp3) is 0.385. The standard InChI is InChI=1S/C13H15N7O2S/c21-12-15-5-8-7-19(2-3-20(8)12)13(22)17-9-6-16-18-10(9)11-14-1-4-23-11/h1,4,6,8H,2-3,5,7H2,(H,15,21)(H,16,18)(H,17,22).